The molecule has 0 aliphatic carbocycles. The molecule has 3 aromatic rings. The molecule has 0 radical (unpaired) electrons. The number of benzene rings is 2. The zero-order chi connectivity index (χ0) is 24.1. The van der Waals surface area contributed by atoms with Crippen molar-refractivity contribution in [2.45, 2.75) is 32.2 Å². The van der Waals surface area contributed by atoms with Gasteiger partial charge in [-0.3, -0.25) is 13.9 Å². The maximum Gasteiger partial charge on any atom is 0.347 e. The standard InChI is InChI=1S/C26H30N4O3S/c1-3-33-25(32)22-23(27-17-16-19-15-10-18-28(19)2)29(20-11-6-4-7-12-20)26(34)30(24(22)31)21-13-8-5-9-14-21/h4-9,11-14,19,27H,3,10,15-18H2,1-2H3. The van der Waals surface area contributed by atoms with Crippen LogP contribution in [0.3, 0.4) is 0 Å². The third-order valence-corrected chi connectivity index (χ3v) is 6.57. The number of rotatable bonds is 8. The van der Waals surface area contributed by atoms with Crippen LogP contribution in [0.15, 0.2) is 65.5 Å². The Kier molecular flexibility index (Phi) is 7.59. The van der Waals surface area contributed by atoms with E-state index in [1.807, 2.05) is 48.5 Å². The Labute approximate surface area is 204 Å². The van der Waals surface area contributed by atoms with Crippen LogP contribution >= 0.6 is 12.2 Å². The molecule has 2 heterocycles. The number of esters is 1. The maximum atomic E-state index is 13.7. The summed E-state index contributed by atoms with van der Waals surface area (Å²) in [5.41, 5.74) is 0.792. The molecule has 1 aliphatic heterocycles. The van der Waals surface area contributed by atoms with Crippen LogP contribution in [-0.2, 0) is 4.74 Å². The molecule has 178 valence electrons. The number of para-hydroxylation sites is 2. The van der Waals surface area contributed by atoms with Crippen molar-refractivity contribution >= 4 is 24.0 Å². The summed E-state index contributed by atoms with van der Waals surface area (Å²) < 4.78 is 8.75. The van der Waals surface area contributed by atoms with Crippen LogP contribution in [0.5, 0.6) is 0 Å². The van der Waals surface area contributed by atoms with Crippen LogP contribution in [-0.4, -0.2) is 52.8 Å². The van der Waals surface area contributed by atoms with Crippen molar-refractivity contribution in [1.29, 1.82) is 0 Å². The molecule has 1 saturated heterocycles. The second-order valence-electron chi connectivity index (χ2n) is 8.37. The minimum atomic E-state index is -0.669. The second kappa shape index (κ2) is 10.8. The maximum absolute atomic E-state index is 13.7. The molecular weight excluding hydrogens is 448 g/mol. The first kappa shape index (κ1) is 23.9. The summed E-state index contributed by atoms with van der Waals surface area (Å²) in [6, 6.07) is 19.1. The quantitative estimate of drug-likeness (QED) is 0.382. The van der Waals surface area contributed by atoms with Gasteiger partial charge in [-0.25, -0.2) is 4.79 Å². The molecule has 1 aliphatic rings. The van der Waals surface area contributed by atoms with E-state index in [0.29, 0.717) is 24.1 Å². The molecule has 1 fully saturated rings. The van der Waals surface area contributed by atoms with Gasteiger partial charge >= 0.3 is 5.97 Å². The summed E-state index contributed by atoms with van der Waals surface area (Å²) >= 11 is 5.84. The zero-order valence-electron chi connectivity index (χ0n) is 19.6. The van der Waals surface area contributed by atoms with Crippen LogP contribution < -0.4 is 10.9 Å². The molecule has 4 rings (SSSR count). The monoisotopic (exact) mass is 478 g/mol. The van der Waals surface area contributed by atoms with Crippen molar-refractivity contribution in [3.8, 4) is 11.4 Å². The van der Waals surface area contributed by atoms with Crippen LogP contribution in [0.2, 0.25) is 0 Å². The van der Waals surface area contributed by atoms with Crippen molar-refractivity contribution in [2.24, 2.45) is 0 Å². The van der Waals surface area contributed by atoms with E-state index >= 15 is 0 Å². The smallest absolute Gasteiger partial charge is 0.347 e. The van der Waals surface area contributed by atoms with Gasteiger partial charge in [0, 0.05) is 18.3 Å². The number of ether oxygens (including phenoxy) is 1. The summed E-state index contributed by atoms with van der Waals surface area (Å²) in [6.45, 7) is 3.57. The highest BCUT2D eigenvalue weighted by Gasteiger charge is 2.26. The van der Waals surface area contributed by atoms with Crippen LogP contribution in [0, 0.1) is 4.77 Å². The van der Waals surface area contributed by atoms with E-state index in [1.165, 1.54) is 11.0 Å². The molecule has 1 unspecified atom stereocenters. The topological polar surface area (TPSA) is 68.5 Å². The van der Waals surface area contributed by atoms with Gasteiger partial charge in [-0.05, 0) is 76.3 Å². The van der Waals surface area contributed by atoms with Gasteiger partial charge in [0.2, 0.25) is 0 Å². The molecule has 1 N–H and O–H groups in total. The Morgan fingerprint density at radius 1 is 1.06 bits per heavy atom. The largest absolute Gasteiger partial charge is 0.462 e. The molecule has 1 atom stereocenters. The molecule has 0 spiro atoms. The van der Waals surface area contributed by atoms with E-state index in [4.69, 9.17) is 17.0 Å². The van der Waals surface area contributed by atoms with Gasteiger partial charge in [0.25, 0.3) is 5.56 Å². The lowest BCUT2D eigenvalue weighted by Crippen LogP contribution is -2.33. The van der Waals surface area contributed by atoms with Gasteiger partial charge in [-0.2, -0.15) is 0 Å². The normalized spacial score (nSPS) is 15.9. The predicted molar refractivity (Wildman–Crippen MR) is 137 cm³/mol. The Morgan fingerprint density at radius 3 is 2.24 bits per heavy atom. The SMILES string of the molecule is CCOC(=O)c1c(NCCC2CCCN2C)n(-c2ccccc2)c(=S)n(-c2ccccc2)c1=O. The second-order valence-corrected chi connectivity index (χ2v) is 8.73. The van der Waals surface area contributed by atoms with Gasteiger partial charge in [-0.15, -0.1) is 0 Å². The number of anilines is 1. The summed E-state index contributed by atoms with van der Waals surface area (Å²) in [5.74, 6) is -0.301. The molecule has 7 nitrogen and oxygen atoms in total. The molecule has 8 heteroatoms. The fourth-order valence-corrected chi connectivity index (χ4v) is 4.87. The van der Waals surface area contributed by atoms with Gasteiger partial charge in [0.15, 0.2) is 10.3 Å². The highest BCUT2D eigenvalue weighted by Crippen LogP contribution is 2.24. The first-order valence-corrected chi connectivity index (χ1v) is 12.1. The lowest BCUT2D eigenvalue weighted by molar-refractivity contribution is 0.0524. The Balaban J connectivity index is 1.90. The third-order valence-electron chi connectivity index (χ3n) is 6.21. The number of carbonyl (C=O) groups excluding carboxylic acids is 1. The molecule has 2 aromatic carbocycles. The summed E-state index contributed by atoms with van der Waals surface area (Å²) in [6.07, 6.45) is 3.22. The van der Waals surface area contributed by atoms with E-state index < -0.39 is 11.5 Å². The van der Waals surface area contributed by atoms with Crippen molar-refractivity contribution in [2.75, 3.05) is 32.1 Å². The summed E-state index contributed by atoms with van der Waals surface area (Å²) in [5, 5.41) is 3.38. The minimum absolute atomic E-state index is 0.0528. The number of likely N-dealkylation sites (tertiary alicyclic amines) is 1. The number of nitrogens with zero attached hydrogens (tertiary/aromatic N) is 3. The van der Waals surface area contributed by atoms with Gasteiger partial charge < -0.3 is 15.0 Å². The number of carbonyl (C=O) groups is 1. The molecule has 34 heavy (non-hydrogen) atoms. The van der Waals surface area contributed by atoms with Crippen molar-refractivity contribution in [1.82, 2.24) is 14.0 Å². The average molecular weight is 479 g/mol. The first-order valence-electron chi connectivity index (χ1n) is 11.7. The van der Waals surface area contributed by atoms with Crippen molar-refractivity contribution < 1.29 is 9.53 Å². The van der Waals surface area contributed by atoms with E-state index in [9.17, 15) is 9.59 Å². The zero-order valence-corrected chi connectivity index (χ0v) is 20.4. The van der Waals surface area contributed by atoms with Crippen LogP contribution in [0.1, 0.15) is 36.5 Å². The molecule has 0 saturated carbocycles. The molecule has 0 bridgehead atoms. The van der Waals surface area contributed by atoms with E-state index in [2.05, 4.69) is 17.3 Å². The Hall–Kier alpha value is -3.23. The van der Waals surface area contributed by atoms with Crippen molar-refractivity contribution in [3.05, 3.63) is 81.4 Å². The molecule has 1 aromatic heterocycles. The number of hydrogen-bond acceptors (Lipinski definition) is 6. The minimum Gasteiger partial charge on any atom is -0.462 e. The van der Waals surface area contributed by atoms with Crippen LogP contribution in [0.25, 0.3) is 11.4 Å². The number of aromatic nitrogens is 2. The van der Waals surface area contributed by atoms with Gasteiger partial charge in [0.05, 0.1) is 12.3 Å². The third kappa shape index (κ3) is 4.83. The fraction of sp³-hybridized carbons (Fsp3) is 0.346. The highest BCUT2D eigenvalue weighted by atomic mass is 32.1. The number of hydrogen-bond donors (Lipinski definition) is 1. The fourth-order valence-electron chi connectivity index (χ4n) is 4.48. The van der Waals surface area contributed by atoms with Crippen molar-refractivity contribution in [3.63, 3.8) is 0 Å². The molecule has 0 amide bonds. The average Bonchev–Trinajstić information content (AvgIpc) is 3.25. The highest BCUT2D eigenvalue weighted by molar-refractivity contribution is 7.71. The predicted octanol–water partition coefficient (Wildman–Crippen LogP) is 4.43. The lowest BCUT2D eigenvalue weighted by Gasteiger charge is -2.23. The number of nitrogens with one attached hydrogen (secondary N) is 1. The van der Waals surface area contributed by atoms with Crippen LogP contribution in [0.4, 0.5) is 5.82 Å². The lowest BCUT2D eigenvalue weighted by atomic mass is 10.1. The van der Waals surface area contributed by atoms with Gasteiger partial charge in [-0.1, -0.05) is 36.4 Å². The van der Waals surface area contributed by atoms with E-state index in [1.54, 1.807) is 23.6 Å². The Bertz CT molecular complexity index is 1250. The molecular formula is C26H30N4O3S. The first-order chi connectivity index (χ1) is 16.5. The summed E-state index contributed by atoms with van der Waals surface area (Å²) in [7, 11) is 2.13. The van der Waals surface area contributed by atoms with E-state index in [-0.39, 0.29) is 16.9 Å². The van der Waals surface area contributed by atoms with E-state index in [0.717, 1.165) is 25.1 Å². The summed E-state index contributed by atoms with van der Waals surface area (Å²) in [4.78, 5) is 29.2. The van der Waals surface area contributed by atoms with Gasteiger partial charge in [0.1, 0.15) is 5.82 Å². The Morgan fingerprint density at radius 2 is 1.68 bits per heavy atom.